The maximum atomic E-state index is 15.1. The highest BCUT2D eigenvalue weighted by Crippen LogP contribution is 2.42. The summed E-state index contributed by atoms with van der Waals surface area (Å²) in [5, 5.41) is 16.9. The summed E-state index contributed by atoms with van der Waals surface area (Å²) in [7, 11) is 3.03. The number of cyclic esters (lactones) is 1. The van der Waals surface area contributed by atoms with Gasteiger partial charge in [-0.1, -0.05) is 51.8 Å². The van der Waals surface area contributed by atoms with E-state index < -0.39 is 76.6 Å². The first-order valence-corrected chi connectivity index (χ1v) is 26.6. The molecule has 3 N–H and O–H groups in total. The highest BCUT2D eigenvalue weighted by Gasteiger charge is 2.48. The van der Waals surface area contributed by atoms with E-state index in [1.807, 2.05) is 65.0 Å². The topological polar surface area (TPSA) is 179 Å². The molecule has 8 rings (SSSR count). The monoisotopic (exact) mass is 1050 g/mol. The third-order valence-electron chi connectivity index (χ3n) is 15.7. The average Bonchev–Trinajstić information content (AvgIpc) is 3.94. The van der Waals surface area contributed by atoms with E-state index in [-0.39, 0.29) is 50.8 Å². The molecule has 0 spiro atoms. The average molecular weight is 1050 g/mol. The summed E-state index contributed by atoms with van der Waals surface area (Å²) < 4.78 is 44.3. The van der Waals surface area contributed by atoms with Crippen molar-refractivity contribution in [3.63, 3.8) is 0 Å². The number of benzene rings is 2. The number of likely N-dealkylation sites (N-methyl/N-ethyl adjacent to an activating group) is 1. The van der Waals surface area contributed by atoms with Gasteiger partial charge in [-0.2, -0.15) is 0 Å². The number of fused-ring (bicyclic) bond motifs is 6. The van der Waals surface area contributed by atoms with Gasteiger partial charge in [-0.05, 0) is 118 Å². The van der Waals surface area contributed by atoms with Gasteiger partial charge in [-0.25, -0.2) is 14.2 Å². The van der Waals surface area contributed by atoms with E-state index >= 15 is 8.78 Å². The quantitative estimate of drug-likeness (QED) is 0.109. The number of rotatable bonds is 11. The Hall–Kier alpha value is -6.26. The van der Waals surface area contributed by atoms with Crippen molar-refractivity contribution in [2.24, 2.45) is 11.3 Å². The number of hydrazine groups is 1. The van der Waals surface area contributed by atoms with E-state index in [0.29, 0.717) is 42.5 Å². The third-order valence-corrected chi connectivity index (χ3v) is 15.7. The Balaban J connectivity index is 1.16. The van der Waals surface area contributed by atoms with E-state index in [1.165, 1.54) is 29.1 Å². The van der Waals surface area contributed by atoms with Crippen LogP contribution in [0, 0.1) is 23.2 Å². The second-order valence-electron chi connectivity index (χ2n) is 22.7. The number of β-amino-alcohol motifs (C(OH)–C–C–N with tert-alkyl or cyclic N) is 1. The number of nitrogens with one attached hydrogen (secondary N) is 2. The van der Waals surface area contributed by atoms with Crippen LogP contribution in [0.4, 0.5) is 8.78 Å². The van der Waals surface area contributed by atoms with Crippen LogP contribution in [0.1, 0.15) is 116 Å². The van der Waals surface area contributed by atoms with Crippen molar-refractivity contribution in [1.29, 1.82) is 0 Å². The van der Waals surface area contributed by atoms with Crippen LogP contribution < -0.4 is 10.7 Å². The van der Waals surface area contributed by atoms with Gasteiger partial charge in [0, 0.05) is 93.4 Å². The van der Waals surface area contributed by atoms with Crippen molar-refractivity contribution < 1.29 is 47.3 Å². The largest absolute Gasteiger partial charge is 0.464 e. The zero-order valence-electron chi connectivity index (χ0n) is 45.6. The van der Waals surface area contributed by atoms with E-state index in [4.69, 9.17) is 14.5 Å². The molecule has 4 aliphatic heterocycles. The highest BCUT2D eigenvalue weighted by atomic mass is 19.3. The summed E-state index contributed by atoms with van der Waals surface area (Å²) in [6.45, 7) is 17.7. The number of amides is 4. The normalized spacial score (nSPS) is 22.1. The van der Waals surface area contributed by atoms with Gasteiger partial charge in [-0.15, -0.1) is 0 Å². The summed E-state index contributed by atoms with van der Waals surface area (Å²) in [6.07, 6.45) is 0.440. The molecule has 6 heterocycles. The van der Waals surface area contributed by atoms with E-state index in [1.54, 1.807) is 33.2 Å². The lowest BCUT2D eigenvalue weighted by atomic mass is 9.84. The minimum absolute atomic E-state index is 0.0281. The van der Waals surface area contributed by atoms with Gasteiger partial charge < -0.3 is 34.3 Å². The number of pyridine rings is 1. The van der Waals surface area contributed by atoms with E-state index in [9.17, 15) is 29.1 Å². The van der Waals surface area contributed by atoms with Gasteiger partial charge in [0.25, 0.3) is 24.1 Å². The number of carbonyl (C=O) groups is 5. The molecule has 0 unspecified atom stereocenters. The number of hydrogen-bond donors (Lipinski definition) is 3. The van der Waals surface area contributed by atoms with Crippen LogP contribution in [-0.4, -0.2) is 147 Å². The van der Waals surface area contributed by atoms with Crippen molar-refractivity contribution >= 4 is 40.5 Å². The molecular weight excluding hydrogens is 975 g/mol. The number of alkyl halides is 2. The fourth-order valence-corrected chi connectivity index (χ4v) is 11.3. The minimum Gasteiger partial charge on any atom is -0.464 e. The number of methoxy groups -OCH3 is 1. The summed E-state index contributed by atoms with van der Waals surface area (Å²) >= 11 is 0. The lowest BCUT2D eigenvalue weighted by Gasteiger charge is -2.41. The minimum atomic E-state index is -2.89. The fraction of sp³-hybridized carbons (Fsp3) is 0.552. The smallest absolute Gasteiger partial charge is 0.324 e. The Bertz CT molecular complexity index is 2940. The fourth-order valence-electron chi connectivity index (χ4n) is 11.3. The van der Waals surface area contributed by atoms with Crippen molar-refractivity contribution in [3.05, 3.63) is 77.1 Å². The van der Waals surface area contributed by atoms with Crippen molar-refractivity contribution in [3.8, 4) is 34.2 Å². The van der Waals surface area contributed by atoms with Gasteiger partial charge in [0.1, 0.15) is 18.1 Å². The van der Waals surface area contributed by atoms with Gasteiger partial charge in [-0.3, -0.25) is 38.9 Å². The molecule has 4 aromatic rings. The first-order valence-electron chi connectivity index (χ1n) is 26.6. The molecular formula is C58H74F2N8O8. The van der Waals surface area contributed by atoms with Gasteiger partial charge in [0.2, 0.25) is 5.91 Å². The standard InChI is InChI=1S/C58H74F2N8O8/c1-11-67-46-18-17-38-31-42(46)43(50(67)41-15-12-22-61-48(41)36(4)75-10)32-56(5,6)34-76-54(72)44-16-13-25-68(63-44)53(71)45(29-37-27-39(38)30-40(28-37)51(59)60)62-52(70)49(35(2)3)64(9)55(73)58(74)21-26-65(33-58)47(69)19-20-57(7,8)66-23-14-24-66/h12,15,17-18,22,27-28,30-31,35-36,44-45,49,51,63,74H,11,13-14,16,21,23-26,29,32-34H2,1-10H3,(H,62,70)/t36-,44-,45-,49-,58+/m0/s1. The predicted molar refractivity (Wildman–Crippen MR) is 284 cm³/mol. The Morgan fingerprint density at radius 2 is 1.79 bits per heavy atom. The number of nitrogens with zero attached hydrogens (tertiary/aromatic N) is 6. The molecule has 18 heteroatoms. The Labute approximate surface area is 444 Å². The highest BCUT2D eigenvalue weighted by molar-refractivity contribution is 5.98. The molecule has 2 aromatic heterocycles. The molecule has 16 nitrogen and oxygen atoms in total. The summed E-state index contributed by atoms with van der Waals surface area (Å²) in [5.74, 6) is 1.98. The summed E-state index contributed by atoms with van der Waals surface area (Å²) in [6, 6.07) is 10.8. The first-order chi connectivity index (χ1) is 35.9. The third kappa shape index (κ3) is 11.5. The second-order valence-corrected chi connectivity index (χ2v) is 22.7. The number of aliphatic hydroxyl groups is 1. The molecule has 408 valence electrons. The van der Waals surface area contributed by atoms with Crippen molar-refractivity contribution in [2.45, 2.75) is 142 Å². The first kappa shape index (κ1) is 56.0. The van der Waals surface area contributed by atoms with Crippen LogP contribution in [0.25, 0.3) is 33.3 Å². The maximum Gasteiger partial charge on any atom is 0.324 e. The lowest BCUT2D eigenvalue weighted by Crippen LogP contribution is -2.63. The lowest BCUT2D eigenvalue weighted by molar-refractivity contribution is -0.156. The van der Waals surface area contributed by atoms with Crippen molar-refractivity contribution in [2.75, 3.05) is 53.5 Å². The van der Waals surface area contributed by atoms with E-state index in [2.05, 4.69) is 39.0 Å². The van der Waals surface area contributed by atoms with Gasteiger partial charge >= 0.3 is 5.97 Å². The number of hydrogen-bond acceptors (Lipinski definition) is 11. The molecule has 5 atom stereocenters. The molecule has 2 aromatic carbocycles. The van der Waals surface area contributed by atoms with E-state index in [0.717, 1.165) is 57.8 Å². The maximum absolute atomic E-state index is 15.1. The molecule has 76 heavy (non-hydrogen) atoms. The summed E-state index contributed by atoms with van der Waals surface area (Å²) in [4.78, 5) is 80.8. The number of aromatic nitrogens is 2. The Morgan fingerprint density at radius 1 is 1.04 bits per heavy atom. The molecule has 4 aliphatic rings. The van der Waals surface area contributed by atoms with Crippen LogP contribution >= 0.6 is 0 Å². The van der Waals surface area contributed by atoms with Crippen LogP contribution in [-0.2, 0) is 52.8 Å². The molecule has 3 saturated heterocycles. The van der Waals surface area contributed by atoms with Crippen LogP contribution in [0.5, 0.6) is 0 Å². The zero-order chi connectivity index (χ0) is 55.0. The number of likely N-dealkylation sites (tertiary alicyclic amines) is 2. The Kier molecular flexibility index (Phi) is 16.5. The molecule has 4 amide bonds. The summed E-state index contributed by atoms with van der Waals surface area (Å²) in [5.41, 5.74) is 5.43. The molecule has 0 aliphatic carbocycles. The van der Waals surface area contributed by atoms with Crippen LogP contribution in [0.15, 0.2) is 54.7 Å². The van der Waals surface area contributed by atoms with Crippen LogP contribution in [0.2, 0.25) is 0 Å². The molecule has 0 saturated carbocycles. The number of halogens is 2. The second kappa shape index (κ2) is 22.4. The predicted octanol–water partition coefficient (Wildman–Crippen LogP) is 6.62. The number of esters is 1. The van der Waals surface area contributed by atoms with Crippen molar-refractivity contribution in [1.82, 2.24) is 40.0 Å². The Morgan fingerprint density at radius 3 is 2.46 bits per heavy atom. The number of carbonyl (C=O) groups excluding carboxylic acids is 5. The number of aryl methyl sites for hydroxylation is 1. The zero-order valence-corrected chi connectivity index (χ0v) is 45.6. The van der Waals surface area contributed by atoms with Gasteiger partial charge in [0.05, 0.1) is 36.2 Å². The van der Waals surface area contributed by atoms with Gasteiger partial charge in [0.15, 0.2) is 5.60 Å². The molecule has 6 bridgehead atoms. The molecule has 0 radical (unpaired) electrons. The molecule has 3 fully saturated rings. The number of ether oxygens (including phenoxy) is 2. The SMILES string of the molecule is CCn1c(-c2cccnc2[C@H](C)OC)c2c3cc(ccc31)-c1cc(cc(C(F)F)c1)C[C@H](NC(=O)[C@H](C(C)C)N(C)C(=O)[C@@]1(O)CCN(C(=O)C#CC(C)(C)N3CCC3)C1)C(=O)N1CCC[C@H](N1)C(=O)OCC(C)(C)C2. The van der Waals surface area contributed by atoms with Crippen LogP contribution in [0.3, 0.4) is 0 Å².